The summed E-state index contributed by atoms with van der Waals surface area (Å²) >= 11 is 1.40. The molecule has 0 fully saturated rings. The van der Waals surface area contributed by atoms with E-state index in [0.717, 1.165) is 29.2 Å². The number of nitrogens with zero attached hydrogens (tertiary/aromatic N) is 5. The Hall–Kier alpha value is -2.91. The molecule has 170 valence electrons. The molecule has 0 saturated heterocycles. The predicted molar refractivity (Wildman–Crippen MR) is 129 cm³/mol. The first-order chi connectivity index (χ1) is 15.5. The average molecular weight is 455 g/mol. The molecule has 0 bridgehead atoms. The lowest BCUT2D eigenvalue weighted by Crippen LogP contribution is -2.23. The topological polar surface area (TPSA) is 85.2 Å². The van der Waals surface area contributed by atoms with E-state index in [0.29, 0.717) is 24.9 Å². The molecule has 0 radical (unpaired) electrons. The SMILES string of the molecule is CCOCCCn1c(S[C@@H](C)C(=O)Nc2ccc(N(C)C)cc2)nnc1-c1ccncc1. The third-order valence-corrected chi connectivity index (χ3v) is 5.91. The molecular weight excluding hydrogens is 424 g/mol. The van der Waals surface area contributed by atoms with Crippen LogP contribution in [-0.2, 0) is 16.1 Å². The first-order valence-corrected chi connectivity index (χ1v) is 11.5. The van der Waals surface area contributed by atoms with Crippen molar-refractivity contribution in [2.75, 3.05) is 37.5 Å². The summed E-state index contributed by atoms with van der Waals surface area (Å²) in [5.41, 5.74) is 2.78. The summed E-state index contributed by atoms with van der Waals surface area (Å²) in [7, 11) is 3.97. The van der Waals surface area contributed by atoms with Crippen LogP contribution in [0.3, 0.4) is 0 Å². The minimum Gasteiger partial charge on any atom is -0.382 e. The summed E-state index contributed by atoms with van der Waals surface area (Å²) in [6.07, 6.45) is 4.30. The minimum atomic E-state index is -0.344. The van der Waals surface area contributed by atoms with Crippen molar-refractivity contribution in [3.05, 3.63) is 48.8 Å². The molecule has 1 N–H and O–H groups in total. The molecule has 0 spiro atoms. The Balaban J connectivity index is 1.71. The lowest BCUT2D eigenvalue weighted by Gasteiger charge is -2.15. The lowest BCUT2D eigenvalue weighted by atomic mass is 10.2. The third-order valence-electron chi connectivity index (χ3n) is 4.83. The first kappa shape index (κ1) is 23.7. The van der Waals surface area contributed by atoms with Crippen molar-refractivity contribution in [3.8, 4) is 11.4 Å². The standard InChI is InChI=1S/C23H30N6O2S/c1-5-31-16-6-15-29-21(18-11-13-24-14-12-18)26-27-23(29)32-17(2)22(30)25-19-7-9-20(10-8-19)28(3)4/h7-14,17H,5-6,15-16H2,1-4H3,(H,25,30)/t17-/m0/s1. The number of carbonyl (C=O) groups is 1. The van der Waals surface area contributed by atoms with Crippen LogP contribution in [0, 0.1) is 0 Å². The zero-order valence-electron chi connectivity index (χ0n) is 19.0. The van der Waals surface area contributed by atoms with E-state index in [9.17, 15) is 4.79 Å². The Labute approximate surface area is 193 Å². The number of ether oxygens (including phenoxy) is 1. The Morgan fingerprint density at radius 2 is 1.88 bits per heavy atom. The fourth-order valence-electron chi connectivity index (χ4n) is 3.06. The maximum absolute atomic E-state index is 12.8. The lowest BCUT2D eigenvalue weighted by molar-refractivity contribution is -0.115. The van der Waals surface area contributed by atoms with Crippen molar-refractivity contribution < 1.29 is 9.53 Å². The van der Waals surface area contributed by atoms with Gasteiger partial charge in [-0.1, -0.05) is 11.8 Å². The van der Waals surface area contributed by atoms with Gasteiger partial charge in [-0.15, -0.1) is 10.2 Å². The van der Waals surface area contributed by atoms with Crippen molar-refractivity contribution in [2.24, 2.45) is 0 Å². The number of thioether (sulfide) groups is 1. The molecule has 0 aliphatic rings. The van der Waals surface area contributed by atoms with Gasteiger partial charge in [0.05, 0.1) is 5.25 Å². The molecule has 9 heteroatoms. The number of anilines is 2. The number of hydrogen-bond acceptors (Lipinski definition) is 7. The molecule has 32 heavy (non-hydrogen) atoms. The molecular formula is C23H30N6O2S. The van der Waals surface area contributed by atoms with Gasteiger partial charge in [0.2, 0.25) is 5.91 Å². The number of rotatable bonds is 11. The zero-order valence-corrected chi connectivity index (χ0v) is 19.8. The largest absolute Gasteiger partial charge is 0.382 e. The van der Waals surface area contributed by atoms with Crippen LogP contribution in [-0.4, -0.2) is 58.2 Å². The summed E-state index contributed by atoms with van der Waals surface area (Å²) in [6, 6.07) is 11.6. The maximum atomic E-state index is 12.8. The first-order valence-electron chi connectivity index (χ1n) is 10.7. The van der Waals surface area contributed by atoms with Crippen molar-refractivity contribution in [1.29, 1.82) is 0 Å². The molecule has 8 nitrogen and oxygen atoms in total. The monoisotopic (exact) mass is 454 g/mol. The van der Waals surface area contributed by atoms with Gasteiger partial charge in [-0.25, -0.2) is 0 Å². The van der Waals surface area contributed by atoms with E-state index in [-0.39, 0.29) is 11.2 Å². The molecule has 1 atom stereocenters. The molecule has 0 saturated carbocycles. The van der Waals surface area contributed by atoms with E-state index in [1.165, 1.54) is 11.8 Å². The molecule has 2 aromatic heterocycles. The highest BCUT2D eigenvalue weighted by Crippen LogP contribution is 2.28. The molecule has 0 aliphatic carbocycles. The van der Waals surface area contributed by atoms with Crippen LogP contribution < -0.4 is 10.2 Å². The molecule has 2 heterocycles. The fourth-order valence-corrected chi connectivity index (χ4v) is 3.93. The Morgan fingerprint density at radius 3 is 2.53 bits per heavy atom. The van der Waals surface area contributed by atoms with Crippen LogP contribution in [0.15, 0.2) is 53.9 Å². The highest BCUT2D eigenvalue weighted by Gasteiger charge is 2.21. The number of nitrogens with one attached hydrogen (secondary N) is 1. The van der Waals surface area contributed by atoms with E-state index in [1.54, 1.807) is 12.4 Å². The molecule has 3 aromatic rings. The summed E-state index contributed by atoms with van der Waals surface area (Å²) < 4.78 is 7.54. The van der Waals surface area contributed by atoms with E-state index in [2.05, 4.69) is 25.1 Å². The number of pyridine rings is 1. The van der Waals surface area contributed by atoms with Gasteiger partial charge in [-0.05, 0) is 56.7 Å². The third kappa shape index (κ3) is 6.30. The second kappa shape index (κ2) is 11.6. The molecule has 3 rings (SSSR count). The zero-order chi connectivity index (χ0) is 22.9. The number of amides is 1. The van der Waals surface area contributed by atoms with Crippen molar-refractivity contribution in [2.45, 2.75) is 37.2 Å². The second-order valence-electron chi connectivity index (χ2n) is 7.43. The van der Waals surface area contributed by atoms with E-state index < -0.39 is 0 Å². The Kier molecular flexibility index (Phi) is 8.64. The summed E-state index contributed by atoms with van der Waals surface area (Å²) in [5.74, 6) is 0.681. The normalized spacial score (nSPS) is 11.9. The number of aromatic nitrogens is 4. The Morgan fingerprint density at radius 1 is 1.16 bits per heavy atom. The van der Waals surface area contributed by atoms with Crippen LogP contribution in [0.5, 0.6) is 0 Å². The second-order valence-corrected chi connectivity index (χ2v) is 8.74. The summed E-state index contributed by atoms with van der Waals surface area (Å²) in [6.45, 7) is 5.91. The van der Waals surface area contributed by atoms with E-state index in [1.807, 2.05) is 69.2 Å². The smallest absolute Gasteiger partial charge is 0.237 e. The summed E-state index contributed by atoms with van der Waals surface area (Å²) in [4.78, 5) is 18.9. The van der Waals surface area contributed by atoms with Gasteiger partial charge in [0, 0.05) is 63.2 Å². The van der Waals surface area contributed by atoms with Gasteiger partial charge in [-0.3, -0.25) is 9.78 Å². The van der Waals surface area contributed by atoms with Gasteiger partial charge in [-0.2, -0.15) is 0 Å². The van der Waals surface area contributed by atoms with Crippen LogP contribution in [0.1, 0.15) is 20.3 Å². The fraction of sp³-hybridized carbons (Fsp3) is 0.391. The van der Waals surface area contributed by atoms with Gasteiger partial charge in [0.1, 0.15) is 0 Å². The van der Waals surface area contributed by atoms with E-state index >= 15 is 0 Å². The van der Waals surface area contributed by atoms with Crippen LogP contribution in [0.2, 0.25) is 0 Å². The van der Waals surface area contributed by atoms with Crippen molar-refractivity contribution >= 4 is 29.0 Å². The van der Waals surface area contributed by atoms with Crippen molar-refractivity contribution in [1.82, 2.24) is 19.7 Å². The van der Waals surface area contributed by atoms with Crippen LogP contribution in [0.4, 0.5) is 11.4 Å². The van der Waals surface area contributed by atoms with Crippen molar-refractivity contribution in [3.63, 3.8) is 0 Å². The van der Waals surface area contributed by atoms with Gasteiger partial charge in [0.25, 0.3) is 0 Å². The number of hydrogen-bond donors (Lipinski definition) is 1. The molecule has 1 aromatic carbocycles. The number of carbonyl (C=O) groups excluding carboxylic acids is 1. The van der Waals surface area contributed by atoms with E-state index in [4.69, 9.17) is 4.74 Å². The highest BCUT2D eigenvalue weighted by molar-refractivity contribution is 8.00. The maximum Gasteiger partial charge on any atom is 0.237 e. The Bertz CT molecular complexity index is 991. The van der Waals surface area contributed by atoms with Gasteiger partial charge >= 0.3 is 0 Å². The van der Waals surface area contributed by atoms with Gasteiger partial charge < -0.3 is 19.5 Å². The number of benzene rings is 1. The van der Waals surface area contributed by atoms with Crippen LogP contribution >= 0.6 is 11.8 Å². The average Bonchev–Trinajstić information content (AvgIpc) is 3.19. The molecule has 0 aliphatic heterocycles. The summed E-state index contributed by atoms with van der Waals surface area (Å²) in [5, 5.41) is 12.1. The molecule has 1 amide bonds. The predicted octanol–water partition coefficient (Wildman–Crippen LogP) is 3.95. The van der Waals surface area contributed by atoms with Crippen LogP contribution in [0.25, 0.3) is 11.4 Å². The highest BCUT2D eigenvalue weighted by atomic mass is 32.2. The molecule has 0 unspecified atom stereocenters. The quantitative estimate of drug-likeness (QED) is 0.347. The van der Waals surface area contributed by atoms with Gasteiger partial charge in [0.15, 0.2) is 11.0 Å². The minimum absolute atomic E-state index is 0.0815.